The van der Waals surface area contributed by atoms with Gasteiger partial charge in [-0.2, -0.15) is 0 Å². The molecule has 2 aromatic rings. The summed E-state index contributed by atoms with van der Waals surface area (Å²) in [5, 5.41) is 15.8. The number of nitrogens with zero attached hydrogens (tertiary/aromatic N) is 3. The number of hydrogen-bond acceptors (Lipinski definition) is 6. The first-order valence-corrected chi connectivity index (χ1v) is 10.3. The molecule has 0 spiro atoms. The molecule has 1 aromatic heterocycles. The third-order valence-electron chi connectivity index (χ3n) is 4.04. The van der Waals surface area contributed by atoms with Gasteiger partial charge in [0.05, 0.1) is 10.0 Å². The van der Waals surface area contributed by atoms with Crippen LogP contribution in [0.1, 0.15) is 18.4 Å². The highest BCUT2D eigenvalue weighted by Crippen LogP contribution is 2.28. The van der Waals surface area contributed by atoms with E-state index < -0.39 is 0 Å². The SMILES string of the molecule is CCc1nnc(NC(=O)NCCCN2CC(Oc3ccc(Cl)c(Cl)c3)C2)s1. The fourth-order valence-corrected chi connectivity index (χ4v) is 3.58. The summed E-state index contributed by atoms with van der Waals surface area (Å²) < 4.78 is 5.86. The number of aromatic nitrogens is 2. The van der Waals surface area contributed by atoms with Gasteiger partial charge in [0, 0.05) is 32.2 Å². The highest BCUT2D eigenvalue weighted by atomic mass is 35.5. The number of anilines is 1. The first kappa shape index (κ1) is 20.1. The minimum atomic E-state index is -0.252. The molecule has 1 aliphatic heterocycles. The number of carbonyl (C=O) groups is 1. The Labute approximate surface area is 172 Å². The molecular formula is C17H21Cl2N5O2S. The smallest absolute Gasteiger partial charge is 0.321 e. The first-order valence-electron chi connectivity index (χ1n) is 8.74. The van der Waals surface area contributed by atoms with E-state index in [9.17, 15) is 4.79 Å². The van der Waals surface area contributed by atoms with Crippen LogP contribution in [-0.2, 0) is 6.42 Å². The van der Waals surface area contributed by atoms with Crippen molar-refractivity contribution in [2.45, 2.75) is 25.9 Å². The summed E-state index contributed by atoms with van der Waals surface area (Å²) >= 11 is 13.3. The van der Waals surface area contributed by atoms with Crippen molar-refractivity contribution in [2.24, 2.45) is 0 Å². The topological polar surface area (TPSA) is 79.4 Å². The van der Waals surface area contributed by atoms with Crippen LogP contribution in [0.25, 0.3) is 0 Å². The lowest BCUT2D eigenvalue weighted by Crippen LogP contribution is -2.54. The maximum absolute atomic E-state index is 11.8. The summed E-state index contributed by atoms with van der Waals surface area (Å²) in [6.07, 6.45) is 1.83. The molecule has 0 bridgehead atoms. The molecule has 2 amide bonds. The fourth-order valence-electron chi connectivity index (χ4n) is 2.62. The average molecular weight is 430 g/mol. The Balaban J connectivity index is 1.26. The van der Waals surface area contributed by atoms with Gasteiger partial charge < -0.3 is 10.1 Å². The second-order valence-corrected chi connectivity index (χ2v) is 8.04. The van der Waals surface area contributed by atoms with Gasteiger partial charge in [-0.05, 0) is 25.0 Å². The van der Waals surface area contributed by atoms with Crippen LogP contribution in [0.15, 0.2) is 18.2 Å². The molecule has 0 atom stereocenters. The van der Waals surface area contributed by atoms with E-state index in [1.807, 2.05) is 13.0 Å². The van der Waals surface area contributed by atoms with Crippen molar-refractivity contribution in [3.63, 3.8) is 0 Å². The minimum Gasteiger partial charge on any atom is -0.488 e. The van der Waals surface area contributed by atoms with Crippen molar-refractivity contribution in [1.29, 1.82) is 0 Å². The Hall–Kier alpha value is -1.61. The van der Waals surface area contributed by atoms with Gasteiger partial charge >= 0.3 is 6.03 Å². The van der Waals surface area contributed by atoms with Crippen LogP contribution < -0.4 is 15.4 Å². The molecule has 1 fully saturated rings. The van der Waals surface area contributed by atoms with Crippen molar-refractivity contribution >= 4 is 45.7 Å². The predicted octanol–water partition coefficient (Wildman–Crippen LogP) is 3.68. The van der Waals surface area contributed by atoms with Crippen molar-refractivity contribution in [2.75, 3.05) is 31.5 Å². The lowest BCUT2D eigenvalue weighted by atomic mass is 10.1. The lowest BCUT2D eigenvalue weighted by Gasteiger charge is -2.39. The molecule has 1 aromatic carbocycles. The van der Waals surface area contributed by atoms with Crippen LogP contribution >= 0.6 is 34.5 Å². The number of hydrogen-bond donors (Lipinski definition) is 2. The summed E-state index contributed by atoms with van der Waals surface area (Å²) in [5.74, 6) is 0.732. The van der Waals surface area contributed by atoms with Gasteiger partial charge in [0.1, 0.15) is 16.9 Å². The Morgan fingerprint density at radius 2 is 2.15 bits per heavy atom. The third-order valence-corrected chi connectivity index (χ3v) is 5.77. The number of carbonyl (C=O) groups excluding carboxylic acids is 1. The second kappa shape index (κ2) is 9.54. The highest BCUT2D eigenvalue weighted by Gasteiger charge is 2.27. The summed E-state index contributed by atoms with van der Waals surface area (Å²) in [5.41, 5.74) is 0. The molecule has 1 saturated heterocycles. The van der Waals surface area contributed by atoms with Gasteiger partial charge in [-0.3, -0.25) is 10.2 Å². The van der Waals surface area contributed by atoms with Crippen LogP contribution in [0.4, 0.5) is 9.93 Å². The lowest BCUT2D eigenvalue weighted by molar-refractivity contribution is 0.0196. The van der Waals surface area contributed by atoms with Crippen molar-refractivity contribution in [3.8, 4) is 5.75 Å². The molecule has 2 N–H and O–H groups in total. The monoisotopic (exact) mass is 429 g/mol. The van der Waals surface area contributed by atoms with Crippen LogP contribution in [0.5, 0.6) is 5.75 Å². The Morgan fingerprint density at radius 3 is 2.85 bits per heavy atom. The van der Waals surface area contributed by atoms with Crippen LogP contribution in [-0.4, -0.2) is 53.4 Å². The second-order valence-electron chi connectivity index (χ2n) is 6.16. The van der Waals surface area contributed by atoms with Gasteiger partial charge in [0.2, 0.25) is 5.13 Å². The van der Waals surface area contributed by atoms with E-state index in [0.29, 0.717) is 21.7 Å². The summed E-state index contributed by atoms with van der Waals surface area (Å²) in [6.45, 7) is 5.22. The van der Waals surface area contributed by atoms with E-state index in [0.717, 1.165) is 43.2 Å². The van der Waals surface area contributed by atoms with Gasteiger partial charge in [-0.1, -0.05) is 41.5 Å². The number of aryl methyl sites for hydroxylation is 1. The summed E-state index contributed by atoms with van der Waals surface area (Å²) in [4.78, 5) is 14.1. The van der Waals surface area contributed by atoms with E-state index in [1.54, 1.807) is 12.1 Å². The zero-order chi connectivity index (χ0) is 19.2. The van der Waals surface area contributed by atoms with Crippen LogP contribution in [0.2, 0.25) is 10.0 Å². The van der Waals surface area contributed by atoms with Crippen molar-refractivity contribution < 1.29 is 9.53 Å². The number of halogens is 2. The predicted molar refractivity (Wildman–Crippen MR) is 108 cm³/mol. The number of urea groups is 1. The zero-order valence-corrected chi connectivity index (χ0v) is 17.2. The number of ether oxygens (including phenoxy) is 1. The highest BCUT2D eigenvalue weighted by molar-refractivity contribution is 7.15. The first-order chi connectivity index (χ1) is 13.0. The van der Waals surface area contributed by atoms with Gasteiger partial charge in [-0.25, -0.2) is 4.79 Å². The normalized spacial score (nSPS) is 14.6. The molecular weight excluding hydrogens is 409 g/mol. The average Bonchev–Trinajstić information content (AvgIpc) is 3.06. The van der Waals surface area contributed by atoms with Gasteiger partial charge in [-0.15, -0.1) is 10.2 Å². The van der Waals surface area contributed by atoms with Gasteiger partial charge in [0.25, 0.3) is 0 Å². The van der Waals surface area contributed by atoms with E-state index in [-0.39, 0.29) is 12.1 Å². The number of rotatable bonds is 8. The van der Waals surface area contributed by atoms with Crippen LogP contribution in [0, 0.1) is 0 Å². The summed E-state index contributed by atoms with van der Waals surface area (Å²) in [7, 11) is 0. The largest absolute Gasteiger partial charge is 0.488 e. The van der Waals surface area contributed by atoms with Crippen molar-refractivity contribution in [3.05, 3.63) is 33.3 Å². The molecule has 0 saturated carbocycles. The molecule has 2 heterocycles. The quantitative estimate of drug-likeness (QED) is 0.625. The number of nitrogens with one attached hydrogen (secondary N) is 2. The number of likely N-dealkylation sites (tertiary alicyclic amines) is 1. The molecule has 27 heavy (non-hydrogen) atoms. The van der Waals surface area contributed by atoms with Crippen LogP contribution in [0.3, 0.4) is 0 Å². The zero-order valence-electron chi connectivity index (χ0n) is 14.9. The molecule has 10 heteroatoms. The maximum atomic E-state index is 11.8. The molecule has 1 aliphatic rings. The third kappa shape index (κ3) is 5.93. The van der Waals surface area contributed by atoms with E-state index >= 15 is 0 Å². The molecule has 7 nitrogen and oxygen atoms in total. The molecule has 0 aliphatic carbocycles. The standard InChI is InChI=1S/C17H21Cl2N5O2S/c1-2-15-22-23-17(27-15)21-16(25)20-6-3-7-24-9-12(10-24)26-11-4-5-13(18)14(19)8-11/h4-5,8,12H,2-3,6-7,9-10H2,1H3,(H2,20,21,23,25). The van der Waals surface area contributed by atoms with Crippen molar-refractivity contribution in [1.82, 2.24) is 20.4 Å². The van der Waals surface area contributed by atoms with Gasteiger partial charge in [0.15, 0.2) is 0 Å². The summed E-state index contributed by atoms with van der Waals surface area (Å²) in [6, 6.07) is 5.03. The molecule has 0 radical (unpaired) electrons. The van der Waals surface area contributed by atoms with E-state index in [1.165, 1.54) is 11.3 Å². The fraction of sp³-hybridized carbons (Fsp3) is 0.471. The van der Waals surface area contributed by atoms with E-state index in [2.05, 4.69) is 25.7 Å². The molecule has 3 rings (SSSR count). The Kier molecular flexibility index (Phi) is 7.12. The number of amides is 2. The Morgan fingerprint density at radius 1 is 1.33 bits per heavy atom. The molecule has 146 valence electrons. The minimum absolute atomic E-state index is 0.156. The molecule has 0 unspecified atom stereocenters. The maximum Gasteiger partial charge on any atom is 0.321 e. The Bertz CT molecular complexity index is 782. The number of benzene rings is 1. The van der Waals surface area contributed by atoms with E-state index in [4.69, 9.17) is 27.9 Å².